The summed E-state index contributed by atoms with van der Waals surface area (Å²) in [7, 11) is 3.64. The van der Waals surface area contributed by atoms with Crippen molar-refractivity contribution in [2.75, 3.05) is 32.7 Å². The van der Waals surface area contributed by atoms with E-state index in [2.05, 4.69) is 10.2 Å². The molecule has 2 heterocycles. The zero-order valence-corrected chi connectivity index (χ0v) is 10.1. The molecule has 0 aromatic carbocycles. The second-order valence-corrected chi connectivity index (χ2v) is 4.41. The lowest BCUT2D eigenvalue weighted by molar-refractivity contribution is 0.242. The summed E-state index contributed by atoms with van der Waals surface area (Å²) in [6.45, 7) is 5.42. The van der Waals surface area contributed by atoms with Crippen molar-refractivity contribution in [1.82, 2.24) is 19.4 Å². The van der Waals surface area contributed by atoms with E-state index in [0.29, 0.717) is 0 Å². The molecule has 1 aliphatic rings. The van der Waals surface area contributed by atoms with Crippen molar-refractivity contribution in [1.29, 1.82) is 0 Å². The number of nitrogens with zero attached hydrogens (tertiary/aromatic N) is 3. The summed E-state index contributed by atoms with van der Waals surface area (Å²) in [4.78, 5) is 14.0. The number of piperazine rings is 1. The molecule has 0 saturated carbocycles. The first-order valence-corrected chi connectivity index (χ1v) is 5.83. The summed E-state index contributed by atoms with van der Waals surface area (Å²) in [5.41, 5.74) is 1.18. The van der Waals surface area contributed by atoms with Gasteiger partial charge in [-0.05, 0) is 0 Å². The third-order valence-electron chi connectivity index (χ3n) is 3.26. The number of rotatable bonds is 3. The maximum Gasteiger partial charge on any atom is 0.327 e. The van der Waals surface area contributed by atoms with E-state index in [-0.39, 0.29) is 5.69 Å². The minimum Gasteiger partial charge on any atom is -0.314 e. The van der Waals surface area contributed by atoms with Crippen LogP contribution in [0, 0.1) is 0 Å². The van der Waals surface area contributed by atoms with Crippen molar-refractivity contribution < 1.29 is 0 Å². The summed E-state index contributed by atoms with van der Waals surface area (Å²) in [6.07, 6.45) is 2.89. The van der Waals surface area contributed by atoms with Crippen molar-refractivity contribution in [3.63, 3.8) is 0 Å². The lowest BCUT2D eigenvalue weighted by Crippen LogP contribution is -2.44. The molecular weight excluding hydrogens is 204 g/mol. The Kier molecular flexibility index (Phi) is 3.46. The standard InChI is InChI=1S/C11H20N4O/c1-13-9-10(14(2)11(13)16)3-6-15-7-4-12-5-8-15/h9,12H,3-8H2,1-2H3. The smallest absolute Gasteiger partial charge is 0.314 e. The molecule has 1 N–H and O–H groups in total. The molecule has 0 aliphatic carbocycles. The molecule has 1 aliphatic heterocycles. The van der Waals surface area contributed by atoms with Gasteiger partial charge in [0.25, 0.3) is 0 Å². The topological polar surface area (TPSA) is 42.2 Å². The van der Waals surface area contributed by atoms with Crippen LogP contribution in [0.2, 0.25) is 0 Å². The highest BCUT2D eigenvalue weighted by Gasteiger charge is 2.11. The van der Waals surface area contributed by atoms with Crippen LogP contribution in [0.3, 0.4) is 0 Å². The minimum atomic E-state index is 0.0651. The molecule has 1 aromatic rings. The lowest BCUT2D eigenvalue weighted by Gasteiger charge is -2.26. The van der Waals surface area contributed by atoms with Crippen molar-refractivity contribution in [3.8, 4) is 0 Å². The van der Waals surface area contributed by atoms with Crippen molar-refractivity contribution in [2.24, 2.45) is 14.1 Å². The molecule has 0 atom stereocenters. The number of aryl methyl sites for hydroxylation is 1. The van der Waals surface area contributed by atoms with Crippen LogP contribution in [-0.4, -0.2) is 46.8 Å². The van der Waals surface area contributed by atoms with Gasteiger partial charge in [-0.25, -0.2) is 4.79 Å². The predicted octanol–water partition coefficient (Wildman–Crippen LogP) is -0.828. The molecule has 0 bridgehead atoms. The van der Waals surface area contributed by atoms with Crippen LogP contribution < -0.4 is 11.0 Å². The first-order valence-electron chi connectivity index (χ1n) is 5.83. The summed E-state index contributed by atoms with van der Waals surface area (Å²) < 4.78 is 3.38. The number of nitrogens with one attached hydrogen (secondary N) is 1. The van der Waals surface area contributed by atoms with Crippen LogP contribution >= 0.6 is 0 Å². The normalized spacial score (nSPS) is 17.9. The van der Waals surface area contributed by atoms with Crippen molar-refractivity contribution in [2.45, 2.75) is 6.42 Å². The van der Waals surface area contributed by atoms with E-state index in [1.54, 1.807) is 16.2 Å². The fourth-order valence-corrected chi connectivity index (χ4v) is 2.16. The van der Waals surface area contributed by atoms with E-state index < -0.39 is 0 Å². The number of hydrogen-bond donors (Lipinski definition) is 1. The van der Waals surface area contributed by atoms with Crippen molar-refractivity contribution >= 4 is 0 Å². The highest BCUT2D eigenvalue weighted by molar-refractivity contribution is 5.00. The van der Waals surface area contributed by atoms with E-state index in [0.717, 1.165) is 44.8 Å². The minimum absolute atomic E-state index is 0.0651. The van der Waals surface area contributed by atoms with E-state index in [1.165, 1.54) is 0 Å². The number of aromatic nitrogens is 2. The maximum absolute atomic E-state index is 11.5. The maximum atomic E-state index is 11.5. The molecule has 0 spiro atoms. The van der Waals surface area contributed by atoms with Crippen LogP contribution in [0.25, 0.3) is 0 Å². The summed E-state index contributed by atoms with van der Waals surface area (Å²) in [5, 5.41) is 3.34. The van der Waals surface area contributed by atoms with Crippen LogP contribution in [0.1, 0.15) is 5.69 Å². The second kappa shape index (κ2) is 4.84. The van der Waals surface area contributed by atoms with Gasteiger partial charge in [-0.15, -0.1) is 0 Å². The Morgan fingerprint density at radius 1 is 1.31 bits per heavy atom. The Labute approximate surface area is 95.7 Å². The van der Waals surface area contributed by atoms with Crippen LogP contribution in [0.15, 0.2) is 11.0 Å². The number of imidazole rings is 1. The Balaban J connectivity index is 1.93. The van der Waals surface area contributed by atoms with E-state index in [9.17, 15) is 4.79 Å². The summed E-state index contributed by atoms with van der Waals surface area (Å²) in [5.74, 6) is 0. The molecule has 2 rings (SSSR count). The van der Waals surface area contributed by atoms with Gasteiger partial charge in [0, 0.05) is 65.1 Å². The third kappa shape index (κ3) is 2.36. The zero-order valence-electron chi connectivity index (χ0n) is 10.1. The van der Waals surface area contributed by atoms with Gasteiger partial charge < -0.3 is 14.8 Å². The quantitative estimate of drug-likeness (QED) is 0.729. The average Bonchev–Trinajstić information content (AvgIpc) is 2.56. The van der Waals surface area contributed by atoms with Crippen LogP contribution in [0.5, 0.6) is 0 Å². The first kappa shape index (κ1) is 11.4. The molecular formula is C11H20N4O. The van der Waals surface area contributed by atoms with E-state index >= 15 is 0 Å². The van der Waals surface area contributed by atoms with Gasteiger partial charge in [0.15, 0.2) is 0 Å². The lowest BCUT2D eigenvalue weighted by atomic mass is 10.3. The van der Waals surface area contributed by atoms with Gasteiger partial charge in [0.1, 0.15) is 0 Å². The molecule has 16 heavy (non-hydrogen) atoms. The molecule has 1 fully saturated rings. The van der Waals surface area contributed by atoms with E-state index in [1.807, 2.05) is 13.2 Å². The first-order chi connectivity index (χ1) is 7.68. The Morgan fingerprint density at radius 3 is 2.56 bits per heavy atom. The molecule has 1 aromatic heterocycles. The highest BCUT2D eigenvalue weighted by Crippen LogP contribution is 2.00. The SMILES string of the molecule is Cn1cc(CCN2CCNCC2)n(C)c1=O. The molecule has 0 amide bonds. The molecule has 1 saturated heterocycles. The number of hydrogen-bond acceptors (Lipinski definition) is 3. The Morgan fingerprint density at radius 2 is 2.00 bits per heavy atom. The average molecular weight is 224 g/mol. The summed E-state index contributed by atoms with van der Waals surface area (Å²) in [6, 6.07) is 0. The van der Waals surface area contributed by atoms with Gasteiger partial charge in [-0.3, -0.25) is 4.57 Å². The second-order valence-electron chi connectivity index (χ2n) is 4.41. The fraction of sp³-hybridized carbons (Fsp3) is 0.727. The molecule has 5 heteroatoms. The van der Waals surface area contributed by atoms with Crippen LogP contribution in [-0.2, 0) is 20.5 Å². The van der Waals surface area contributed by atoms with Crippen LogP contribution in [0.4, 0.5) is 0 Å². The largest absolute Gasteiger partial charge is 0.327 e. The molecule has 5 nitrogen and oxygen atoms in total. The predicted molar refractivity (Wildman–Crippen MR) is 63.7 cm³/mol. The fourth-order valence-electron chi connectivity index (χ4n) is 2.16. The van der Waals surface area contributed by atoms with Gasteiger partial charge in [-0.1, -0.05) is 0 Å². The van der Waals surface area contributed by atoms with Gasteiger partial charge >= 0.3 is 5.69 Å². The Bertz CT molecular complexity index is 401. The highest BCUT2D eigenvalue weighted by atomic mass is 16.1. The third-order valence-corrected chi connectivity index (χ3v) is 3.26. The molecule has 0 unspecified atom stereocenters. The van der Waals surface area contributed by atoms with E-state index in [4.69, 9.17) is 0 Å². The zero-order chi connectivity index (χ0) is 11.5. The van der Waals surface area contributed by atoms with Gasteiger partial charge in [-0.2, -0.15) is 0 Å². The Hall–Kier alpha value is -1.07. The van der Waals surface area contributed by atoms with Crippen molar-refractivity contribution in [3.05, 3.63) is 22.4 Å². The monoisotopic (exact) mass is 224 g/mol. The summed E-state index contributed by atoms with van der Waals surface area (Å²) >= 11 is 0. The molecule has 0 radical (unpaired) electrons. The molecule has 90 valence electrons. The van der Waals surface area contributed by atoms with Gasteiger partial charge in [0.05, 0.1) is 0 Å². The van der Waals surface area contributed by atoms with Gasteiger partial charge in [0.2, 0.25) is 0 Å².